The van der Waals surface area contributed by atoms with Crippen molar-refractivity contribution in [1.29, 1.82) is 0 Å². The highest BCUT2D eigenvalue weighted by atomic mass is 16.1. The average molecular weight is 438 g/mol. The Labute approximate surface area is 193 Å². The van der Waals surface area contributed by atoms with Gasteiger partial charge in [0.2, 0.25) is 5.91 Å². The number of hydrogen-bond acceptors (Lipinski definition) is 3. The quantitative estimate of drug-likeness (QED) is 0.454. The number of benzene rings is 3. The lowest BCUT2D eigenvalue weighted by Gasteiger charge is -2.32. The third kappa shape index (κ3) is 4.19. The molecule has 1 N–H and O–H groups in total. The highest BCUT2D eigenvalue weighted by Gasteiger charge is 2.31. The summed E-state index contributed by atoms with van der Waals surface area (Å²) in [5.41, 5.74) is 2.06. The Morgan fingerprint density at radius 3 is 2.12 bits per heavy atom. The zero-order chi connectivity index (χ0) is 22.8. The fraction of sp³-hybridized carbons (Fsp3) is 0.250. The lowest BCUT2D eigenvalue weighted by molar-refractivity contribution is -0.122. The summed E-state index contributed by atoms with van der Waals surface area (Å²) in [5.74, 6) is 0.618. The maximum atomic E-state index is 13.2. The van der Waals surface area contributed by atoms with E-state index < -0.39 is 5.54 Å². The van der Waals surface area contributed by atoms with Gasteiger partial charge in [0.25, 0.3) is 5.56 Å². The maximum absolute atomic E-state index is 13.2. The van der Waals surface area contributed by atoms with E-state index in [0.29, 0.717) is 23.1 Å². The summed E-state index contributed by atoms with van der Waals surface area (Å²) in [5, 5.41) is 3.90. The van der Waals surface area contributed by atoms with Gasteiger partial charge in [0.05, 0.1) is 16.4 Å². The summed E-state index contributed by atoms with van der Waals surface area (Å²) >= 11 is 0. The largest absolute Gasteiger partial charge is 0.343 e. The first-order valence-corrected chi connectivity index (χ1v) is 11.5. The molecule has 3 aromatic carbocycles. The molecule has 5 nitrogen and oxygen atoms in total. The molecule has 1 aliphatic carbocycles. The number of nitrogens with zero attached hydrogens (tertiary/aromatic N) is 2. The topological polar surface area (TPSA) is 64.0 Å². The molecule has 1 fully saturated rings. The van der Waals surface area contributed by atoms with Crippen molar-refractivity contribution >= 4 is 16.8 Å². The Morgan fingerprint density at radius 2 is 1.52 bits per heavy atom. The Bertz CT molecular complexity index is 1300. The molecule has 1 aromatic heterocycles. The first-order valence-electron chi connectivity index (χ1n) is 11.5. The van der Waals surface area contributed by atoms with Crippen LogP contribution in [0.3, 0.4) is 0 Å². The van der Waals surface area contributed by atoms with E-state index in [1.165, 1.54) is 0 Å². The number of amides is 1. The lowest BCUT2D eigenvalue weighted by atomic mass is 9.84. The summed E-state index contributed by atoms with van der Waals surface area (Å²) in [6.07, 6.45) is 2.65. The van der Waals surface area contributed by atoms with E-state index >= 15 is 0 Å². The van der Waals surface area contributed by atoms with Crippen LogP contribution in [0.25, 0.3) is 10.9 Å². The minimum absolute atomic E-state index is 0.00285. The van der Waals surface area contributed by atoms with Crippen molar-refractivity contribution in [2.45, 2.75) is 44.2 Å². The number of aromatic nitrogens is 2. The Kier molecular flexibility index (Phi) is 5.55. The van der Waals surface area contributed by atoms with Gasteiger partial charge in [0, 0.05) is 18.9 Å². The van der Waals surface area contributed by atoms with Crippen molar-refractivity contribution in [3.05, 3.63) is 112 Å². The molecule has 1 amide bonds. The van der Waals surface area contributed by atoms with Crippen LogP contribution in [0.4, 0.5) is 0 Å². The number of rotatable bonds is 7. The van der Waals surface area contributed by atoms with E-state index in [-0.39, 0.29) is 23.9 Å². The monoisotopic (exact) mass is 437 g/mol. The molecule has 0 radical (unpaired) electrons. The Morgan fingerprint density at radius 1 is 0.939 bits per heavy atom. The van der Waals surface area contributed by atoms with Crippen molar-refractivity contribution in [2.75, 3.05) is 0 Å². The molecule has 166 valence electrons. The standard InChI is InChI=1S/C28H27N3O2/c1-28(20-10-4-2-5-11-20,21-12-6-3-7-13-21)30-26(32)19-18-25-29-24-15-9-8-14-23(24)27(33)31(25)22-16-17-22/h2-15,22H,16-19H2,1H3,(H,30,32). The lowest BCUT2D eigenvalue weighted by Crippen LogP contribution is -2.44. The zero-order valence-corrected chi connectivity index (χ0v) is 18.7. The normalized spacial score (nSPS) is 13.7. The highest BCUT2D eigenvalue weighted by molar-refractivity contribution is 5.79. The number of carbonyl (C=O) groups is 1. The van der Waals surface area contributed by atoms with Gasteiger partial charge in [0.1, 0.15) is 5.82 Å². The number of para-hydroxylation sites is 1. The molecule has 0 saturated heterocycles. The highest BCUT2D eigenvalue weighted by Crippen LogP contribution is 2.35. The number of fused-ring (bicyclic) bond motifs is 1. The van der Waals surface area contributed by atoms with Crippen LogP contribution in [0.2, 0.25) is 0 Å². The molecule has 1 saturated carbocycles. The average Bonchev–Trinajstić information content (AvgIpc) is 3.69. The molecule has 0 bridgehead atoms. The van der Waals surface area contributed by atoms with E-state index in [4.69, 9.17) is 4.98 Å². The fourth-order valence-corrected chi connectivity index (χ4v) is 4.50. The first-order chi connectivity index (χ1) is 16.1. The van der Waals surface area contributed by atoms with Gasteiger partial charge in [-0.05, 0) is 43.0 Å². The van der Waals surface area contributed by atoms with Crippen molar-refractivity contribution in [3.63, 3.8) is 0 Å². The minimum atomic E-state index is -0.660. The van der Waals surface area contributed by atoms with Crippen LogP contribution in [0.15, 0.2) is 89.7 Å². The van der Waals surface area contributed by atoms with E-state index in [9.17, 15) is 9.59 Å². The minimum Gasteiger partial charge on any atom is -0.343 e. The van der Waals surface area contributed by atoms with Crippen molar-refractivity contribution < 1.29 is 4.79 Å². The summed E-state index contributed by atoms with van der Waals surface area (Å²) in [4.78, 5) is 31.1. The van der Waals surface area contributed by atoms with Gasteiger partial charge in [-0.25, -0.2) is 4.98 Å². The number of aryl methyl sites for hydroxylation is 1. The molecule has 5 heteroatoms. The molecule has 5 rings (SSSR count). The van der Waals surface area contributed by atoms with Crippen LogP contribution >= 0.6 is 0 Å². The molecule has 0 atom stereocenters. The van der Waals surface area contributed by atoms with E-state index in [1.807, 2.05) is 96.4 Å². The van der Waals surface area contributed by atoms with Gasteiger partial charge in [-0.2, -0.15) is 0 Å². The molecular weight excluding hydrogens is 410 g/mol. The smallest absolute Gasteiger partial charge is 0.261 e. The van der Waals surface area contributed by atoms with Gasteiger partial charge < -0.3 is 5.32 Å². The third-order valence-electron chi connectivity index (χ3n) is 6.46. The van der Waals surface area contributed by atoms with Crippen LogP contribution < -0.4 is 10.9 Å². The maximum Gasteiger partial charge on any atom is 0.261 e. The van der Waals surface area contributed by atoms with Crippen LogP contribution in [-0.2, 0) is 16.8 Å². The summed E-state index contributed by atoms with van der Waals surface area (Å²) in [6.45, 7) is 2.03. The SMILES string of the molecule is CC(NC(=O)CCc1nc2ccccc2c(=O)n1C1CC1)(c1ccccc1)c1ccccc1. The van der Waals surface area contributed by atoms with Gasteiger partial charge >= 0.3 is 0 Å². The number of hydrogen-bond donors (Lipinski definition) is 1. The van der Waals surface area contributed by atoms with Crippen LogP contribution in [-0.4, -0.2) is 15.5 Å². The molecule has 0 spiro atoms. The van der Waals surface area contributed by atoms with E-state index in [0.717, 1.165) is 24.0 Å². The predicted molar refractivity (Wildman–Crippen MR) is 130 cm³/mol. The second-order valence-corrected chi connectivity index (χ2v) is 8.86. The molecular formula is C28H27N3O2. The molecule has 0 unspecified atom stereocenters. The van der Waals surface area contributed by atoms with Crippen LogP contribution in [0, 0.1) is 0 Å². The number of nitrogens with one attached hydrogen (secondary N) is 1. The first kappa shape index (κ1) is 21.1. The van der Waals surface area contributed by atoms with Gasteiger partial charge in [0.15, 0.2) is 0 Å². The molecule has 0 aliphatic heterocycles. The molecule has 33 heavy (non-hydrogen) atoms. The Balaban J connectivity index is 1.42. The van der Waals surface area contributed by atoms with Crippen molar-refractivity contribution in [3.8, 4) is 0 Å². The fourth-order valence-electron chi connectivity index (χ4n) is 4.50. The van der Waals surface area contributed by atoms with Gasteiger partial charge in [-0.3, -0.25) is 14.2 Å². The Hall–Kier alpha value is -3.73. The third-order valence-corrected chi connectivity index (χ3v) is 6.46. The molecule has 1 heterocycles. The predicted octanol–water partition coefficient (Wildman–Crippen LogP) is 4.74. The summed E-state index contributed by atoms with van der Waals surface area (Å²) in [7, 11) is 0. The summed E-state index contributed by atoms with van der Waals surface area (Å²) in [6, 6.07) is 27.6. The van der Waals surface area contributed by atoms with Crippen LogP contribution in [0.1, 0.15) is 49.2 Å². The second-order valence-electron chi connectivity index (χ2n) is 8.86. The second kappa shape index (κ2) is 8.66. The van der Waals surface area contributed by atoms with E-state index in [2.05, 4.69) is 5.32 Å². The van der Waals surface area contributed by atoms with E-state index in [1.54, 1.807) is 0 Å². The summed E-state index contributed by atoms with van der Waals surface area (Å²) < 4.78 is 1.81. The molecule has 1 aliphatic rings. The van der Waals surface area contributed by atoms with Crippen molar-refractivity contribution in [2.24, 2.45) is 0 Å². The molecule has 4 aromatic rings. The van der Waals surface area contributed by atoms with Crippen LogP contribution in [0.5, 0.6) is 0 Å². The van der Waals surface area contributed by atoms with Crippen molar-refractivity contribution in [1.82, 2.24) is 14.9 Å². The number of carbonyl (C=O) groups excluding carboxylic acids is 1. The van der Waals surface area contributed by atoms with Gasteiger partial charge in [-0.15, -0.1) is 0 Å². The van der Waals surface area contributed by atoms with Gasteiger partial charge in [-0.1, -0.05) is 72.8 Å². The zero-order valence-electron chi connectivity index (χ0n) is 18.7.